The van der Waals surface area contributed by atoms with E-state index < -0.39 is 12.1 Å². The Morgan fingerprint density at radius 3 is 2.11 bits per heavy atom. The third-order valence-electron chi connectivity index (χ3n) is 2.56. The van der Waals surface area contributed by atoms with E-state index in [4.69, 9.17) is 4.74 Å². The molecule has 2 aromatic rings. The zero-order valence-corrected chi connectivity index (χ0v) is 9.82. The molecule has 2 aromatic carbocycles. The highest BCUT2D eigenvalue weighted by Crippen LogP contribution is 2.14. The van der Waals surface area contributed by atoms with E-state index in [2.05, 4.69) is 0 Å². The van der Waals surface area contributed by atoms with Gasteiger partial charge in [0.1, 0.15) is 5.75 Å². The lowest BCUT2D eigenvalue weighted by atomic mass is 10.1. The molecular formula is C15H14O3. The molecule has 0 saturated carbocycles. The predicted octanol–water partition coefficient (Wildman–Crippen LogP) is 2.76. The highest BCUT2D eigenvalue weighted by molar-refractivity contribution is 5.73. The Hall–Kier alpha value is -2.29. The number of carboxylic acid groups (broad SMARTS) is 1. The molecule has 1 unspecified atom stereocenters. The second kappa shape index (κ2) is 5.87. The largest absolute Gasteiger partial charge is 0.478 e. The minimum Gasteiger partial charge on any atom is -0.478 e. The van der Waals surface area contributed by atoms with Gasteiger partial charge in [-0.3, -0.25) is 0 Å². The number of carboxylic acids is 1. The van der Waals surface area contributed by atoms with Gasteiger partial charge in [0.05, 0.1) is 0 Å². The van der Waals surface area contributed by atoms with Gasteiger partial charge in [0.15, 0.2) is 6.10 Å². The van der Waals surface area contributed by atoms with Crippen LogP contribution in [0, 0.1) is 0 Å². The summed E-state index contributed by atoms with van der Waals surface area (Å²) in [5.74, 6) is -0.386. The monoisotopic (exact) mass is 242 g/mol. The quantitative estimate of drug-likeness (QED) is 0.877. The average Bonchev–Trinajstić information content (AvgIpc) is 2.40. The van der Waals surface area contributed by atoms with Gasteiger partial charge in [-0.25, -0.2) is 4.79 Å². The molecule has 3 heteroatoms. The topological polar surface area (TPSA) is 46.5 Å². The molecule has 0 radical (unpaired) electrons. The van der Waals surface area contributed by atoms with Gasteiger partial charge in [0.25, 0.3) is 0 Å². The zero-order chi connectivity index (χ0) is 12.8. The van der Waals surface area contributed by atoms with Crippen molar-refractivity contribution in [2.75, 3.05) is 0 Å². The molecular weight excluding hydrogens is 228 g/mol. The summed E-state index contributed by atoms with van der Waals surface area (Å²) in [7, 11) is 0. The van der Waals surface area contributed by atoms with Crippen molar-refractivity contribution in [2.24, 2.45) is 0 Å². The molecule has 0 bridgehead atoms. The van der Waals surface area contributed by atoms with Crippen LogP contribution in [-0.4, -0.2) is 17.2 Å². The van der Waals surface area contributed by atoms with Crippen LogP contribution >= 0.6 is 0 Å². The van der Waals surface area contributed by atoms with Crippen molar-refractivity contribution in [1.29, 1.82) is 0 Å². The summed E-state index contributed by atoms with van der Waals surface area (Å²) in [6.45, 7) is 0. The van der Waals surface area contributed by atoms with Crippen LogP contribution < -0.4 is 4.74 Å². The molecule has 0 aliphatic heterocycles. The first-order valence-electron chi connectivity index (χ1n) is 5.74. The Morgan fingerprint density at radius 1 is 1.00 bits per heavy atom. The van der Waals surface area contributed by atoms with Crippen molar-refractivity contribution >= 4 is 5.97 Å². The third-order valence-corrected chi connectivity index (χ3v) is 2.56. The Morgan fingerprint density at radius 2 is 1.56 bits per heavy atom. The van der Waals surface area contributed by atoms with Crippen LogP contribution in [0.1, 0.15) is 5.56 Å². The van der Waals surface area contributed by atoms with Crippen LogP contribution in [-0.2, 0) is 11.2 Å². The van der Waals surface area contributed by atoms with E-state index in [1.165, 1.54) is 0 Å². The lowest BCUT2D eigenvalue weighted by molar-refractivity contribution is -0.145. The van der Waals surface area contributed by atoms with Crippen LogP contribution in [0.5, 0.6) is 5.75 Å². The highest BCUT2D eigenvalue weighted by Gasteiger charge is 2.19. The predicted molar refractivity (Wildman–Crippen MR) is 68.6 cm³/mol. The third kappa shape index (κ3) is 3.35. The second-order valence-electron chi connectivity index (χ2n) is 3.95. The molecule has 92 valence electrons. The summed E-state index contributed by atoms with van der Waals surface area (Å²) in [6.07, 6.45) is -0.514. The summed E-state index contributed by atoms with van der Waals surface area (Å²) in [5.41, 5.74) is 0.945. The number of aliphatic carboxylic acids is 1. The van der Waals surface area contributed by atoms with Crippen molar-refractivity contribution in [2.45, 2.75) is 12.5 Å². The fraction of sp³-hybridized carbons (Fsp3) is 0.133. The molecule has 0 saturated heterocycles. The van der Waals surface area contributed by atoms with E-state index >= 15 is 0 Å². The number of hydrogen-bond donors (Lipinski definition) is 1. The molecule has 3 nitrogen and oxygen atoms in total. The standard InChI is InChI=1S/C15H14O3/c16-15(17)14(11-12-7-3-1-4-8-12)18-13-9-5-2-6-10-13/h1-10,14H,11H2,(H,16,17). The molecule has 0 heterocycles. The molecule has 0 spiro atoms. The maximum Gasteiger partial charge on any atom is 0.345 e. The average molecular weight is 242 g/mol. The normalized spacial score (nSPS) is 11.8. The maximum atomic E-state index is 11.2. The molecule has 0 aromatic heterocycles. The number of benzene rings is 2. The molecule has 0 amide bonds. The van der Waals surface area contributed by atoms with E-state index in [1.807, 2.05) is 48.5 Å². The Labute approximate surface area is 106 Å². The first kappa shape index (κ1) is 12.2. The van der Waals surface area contributed by atoms with E-state index in [0.29, 0.717) is 12.2 Å². The van der Waals surface area contributed by atoms with Crippen molar-refractivity contribution in [1.82, 2.24) is 0 Å². The van der Waals surface area contributed by atoms with Crippen molar-refractivity contribution < 1.29 is 14.6 Å². The molecule has 0 aliphatic rings. The lowest BCUT2D eigenvalue weighted by Gasteiger charge is -2.15. The number of hydrogen-bond acceptors (Lipinski definition) is 2. The molecule has 18 heavy (non-hydrogen) atoms. The van der Waals surface area contributed by atoms with E-state index in [-0.39, 0.29) is 0 Å². The Balaban J connectivity index is 2.08. The van der Waals surface area contributed by atoms with Crippen LogP contribution in [0.15, 0.2) is 60.7 Å². The molecule has 0 aliphatic carbocycles. The molecule has 1 N–H and O–H groups in total. The van der Waals surface area contributed by atoms with Gasteiger partial charge < -0.3 is 9.84 Å². The summed E-state index contributed by atoms with van der Waals surface area (Å²) in [4.78, 5) is 11.2. The lowest BCUT2D eigenvalue weighted by Crippen LogP contribution is -2.29. The van der Waals surface area contributed by atoms with E-state index in [0.717, 1.165) is 5.56 Å². The van der Waals surface area contributed by atoms with Gasteiger partial charge in [-0.05, 0) is 17.7 Å². The first-order chi connectivity index (χ1) is 8.75. The van der Waals surface area contributed by atoms with Crippen molar-refractivity contribution in [3.8, 4) is 5.75 Å². The number of carbonyl (C=O) groups is 1. The van der Waals surface area contributed by atoms with Crippen LogP contribution in [0.4, 0.5) is 0 Å². The van der Waals surface area contributed by atoms with Gasteiger partial charge in [0.2, 0.25) is 0 Å². The Bertz CT molecular complexity index is 452. The molecule has 2 rings (SSSR count). The number of rotatable bonds is 5. The number of para-hydroxylation sites is 1. The minimum absolute atomic E-state index is 0.352. The zero-order valence-electron chi connectivity index (χ0n) is 9.82. The molecule has 0 fully saturated rings. The molecule has 1 atom stereocenters. The summed E-state index contributed by atoms with van der Waals surface area (Å²) in [5, 5.41) is 9.17. The van der Waals surface area contributed by atoms with Gasteiger partial charge in [-0.2, -0.15) is 0 Å². The van der Waals surface area contributed by atoms with Gasteiger partial charge >= 0.3 is 5.97 Å². The maximum absolute atomic E-state index is 11.2. The van der Waals surface area contributed by atoms with Crippen molar-refractivity contribution in [3.05, 3.63) is 66.2 Å². The fourth-order valence-corrected chi connectivity index (χ4v) is 1.67. The highest BCUT2D eigenvalue weighted by atomic mass is 16.5. The SMILES string of the molecule is O=C(O)C(Cc1ccccc1)Oc1ccccc1. The summed E-state index contributed by atoms with van der Waals surface area (Å²) >= 11 is 0. The first-order valence-corrected chi connectivity index (χ1v) is 5.74. The van der Waals surface area contributed by atoms with Gasteiger partial charge in [-0.1, -0.05) is 48.5 Å². The van der Waals surface area contributed by atoms with Crippen LogP contribution in [0.25, 0.3) is 0 Å². The van der Waals surface area contributed by atoms with Crippen LogP contribution in [0.2, 0.25) is 0 Å². The van der Waals surface area contributed by atoms with Gasteiger partial charge in [0, 0.05) is 6.42 Å². The Kier molecular flexibility index (Phi) is 3.97. The van der Waals surface area contributed by atoms with Crippen molar-refractivity contribution in [3.63, 3.8) is 0 Å². The summed E-state index contributed by atoms with van der Waals surface area (Å²) in [6, 6.07) is 18.5. The fourth-order valence-electron chi connectivity index (χ4n) is 1.67. The van der Waals surface area contributed by atoms with E-state index in [1.54, 1.807) is 12.1 Å². The number of ether oxygens (including phenoxy) is 1. The minimum atomic E-state index is -0.956. The van der Waals surface area contributed by atoms with Gasteiger partial charge in [-0.15, -0.1) is 0 Å². The van der Waals surface area contributed by atoms with E-state index in [9.17, 15) is 9.90 Å². The smallest absolute Gasteiger partial charge is 0.345 e. The summed E-state index contributed by atoms with van der Waals surface area (Å²) < 4.78 is 5.48. The van der Waals surface area contributed by atoms with Crippen LogP contribution in [0.3, 0.4) is 0 Å². The second-order valence-corrected chi connectivity index (χ2v) is 3.95.